The Labute approximate surface area is 195 Å². The molecule has 0 aliphatic carbocycles. The number of para-hydroxylation sites is 1. The molecule has 1 N–H and O–H groups in total. The van der Waals surface area contributed by atoms with Gasteiger partial charge in [-0.3, -0.25) is 9.59 Å². The second-order valence-electron chi connectivity index (χ2n) is 7.71. The zero-order valence-electron chi connectivity index (χ0n) is 18.4. The Morgan fingerprint density at radius 1 is 0.970 bits per heavy atom. The smallest absolute Gasteiger partial charge is 0.262 e. The van der Waals surface area contributed by atoms with Crippen molar-refractivity contribution in [1.82, 2.24) is 0 Å². The van der Waals surface area contributed by atoms with Crippen molar-refractivity contribution in [3.63, 3.8) is 0 Å². The number of nitrogens with one attached hydrogen (secondary N) is 1. The number of ether oxygens (including phenoxy) is 2. The summed E-state index contributed by atoms with van der Waals surface area (Å²) in [5.74, 6) is 0.682. The quantitative estimate of drug-likeness (QED) is 0.369. The molecule has 6 nitrogen and oxygen atoms in total. The first-order valence-electron chi connectivity index (χ1n) is 10.3. The molecule has 0 aliphatic heterocycles. The zero-order chi connectivity index (χ0) is 23.5. The maximum Gasteiger partial charge on any atom is 0.262 e. The van der Waals surface area contributed by atoms with Gasteiger partial charge in [-0.15, -0.1) is 0 Å². The number of rotatable bonds is 6. The van der Waals surface area contributed by atoms with Crippen LogP contribution in [0.25, 0.3) is 11.0 Å². The van der Waals surface area contributed by atoms with Crippen LogP contribution in [0, 0.1) is 20.8 Å². The van der Waals surface area contributed by atoms with Crippen molar-refractivity contribution in [1.29, 1.82) is 0 Å². The van der Waals surface area contributed by atoms with Crippen LogP contribution in [0.15, 0.2) is 70.1 Å². The number of fused-ring (bicyclic) bond motifs is 1. The van der Waals surface area contributed by atoms with Crippen LogP contribution in [-0.2, 0) is 4.79 Å². The van der Waals surface area contributed by atoms with Crippen LogP contribution in [0.4, 0.5) is 5.69 Å². The van der Waals surface area contributed by atoms with E-state index < -0.39 is 0 Å². The Morgan fingerprint density at radius 3 is 2.42 bits per heavy atom. The fraction of sp³-hybridized carbons (Fsp3) is 0.154. The van der Waals surface area contributed by atoms with E-state index >= 15 is 0 Å². The Hall–Kier alpha value is -3.77. The maximum absolute atomic E-state index is 12.9. The molecule has 0 fully saturated rings. The molecule has 4 aromatic rings. The highest BCUT2D eigenvalue weighted by molar-refractivity contribution is 6.32. The van der Waals surface area contributed by atoms with Gasteiger partial charge in [-0.25, -0.2) is 0 Å². The molecule has 1 aromatic heterocycles. The molecule has 0 saturated carbocycles. The van der Waals surface area contributed by atoms with Crippen LogP contribution in [0.5, 0.6) is 17.2 Å². The predicted molar refractivity (Wildman–Crippen MR) is 129 cm³/mol. The molecule has 0 spiro atoms. The molecule has 1 amide bonds. The Balaban J connectivity index is 1.48. The van der Waals surface area contributed by atoms with Gasteiger partial charge in [0.05, 0.1) is 5.39 Å². The van der Waals surface area contributed by atoms with Crippen molar-refractivity contribution in [2.24, 2.45) is 0 Å². The van der Waals surface area contributed by atoms with Gasteiger partial charge in [-0.2, -0.15) is 0 Å². The second-order valence-corrected chi connectivity index (χ2v) is 8.09. The minimum Gasteiger partial charge on any atom is -0.484 e. The molecule has 0 aliphatic rings. The largest absolute Gasteiger partial charge is 0.484 e. The third-order valence-corrected chi connectivity index (χ3v) is 5.74. The minimum atomic E-state index is -0.314. The maximum atomic E-state index is 12.9. The van der Waals surface area contributed by atoms with Crippen LogP contribution < -0.4 is 20.2 Å². The van der Waals surface area contributed by atoms with Gasteiger partial charge in [-0.05, 0) is 67.8 Å². The summed E-state index contributed by atoms with van der Waals surface area (Å²) in [6.07, 6.45) is 1.26. The first-order chi connectivity index (χ1) is 15.8. The molecular formula is C26H22ClNO5. The molecule has 0 atom stereocenters. The first kappa shape index (κ1) is 22.4. The molecule has 3 aromatic carbocycles. The molecule has 33 heavy (non-hydrogen) atoms. The number of benzene rings is 3. The van der Waals surface area contributed by atoms with Crippen molar-refractivity contribution < 1.29 is 18.7 Å². The molecule has 7 heteroatoms. The number of carbonyl (C=O) groups is 1. The lowest BCUT2D eigenvalue weighted by atomic mass is 10.1. The van der Waals surface area contributed by atoms with Crippen LogP contribution in [0.2, 0.25) is 5.02 Å². The molecule has 0 unspecified atom stereocenters. The summed E-state index contributed by atoms with van der Waals surface area (Å²) < 4.78 is 16.9. The van der Waals surface area contributed by atoms with Crippen LogP contribution in [0.3, 0.4) is 0 Å². The van der Waals surface area contributed by atoms with E-state index in [0.29, 0.717) is 27.5 Å². The number of halogens is 1. The number of hydrogen-bond acceptors (Lipinski definition) is 5. The zero-order valence-corrected chi connectivity index (χ0v) is 19.2. The highest BCUT2D eigenvalue weighted by atomic mass is 35.5. The van der Waals surface area contributed by atoms with Crippen molar-refractivity contribution >= 4 is 34.2 Å². The van der Waals surface area contributed by atoms with Gasteiger partial charge in [-0.1, -0.05) is 29.8 Å². The standard InChI is InChI=1S/C26H22ClNO5/c1-15-6-4-5-7-21(15)28-24(29)14-31-18-8-9-20-22(12-18)32-13-23(26(20)30)33-19-10-16(2)25(27)17(3)11-19/h4-13H,14H2,1-3H3,(H,28,29). The molecule has 168 valence electrons. The second kappa shape index (κ2) is 9.38. The molecule has 4 rings (SSSR count). The van der Waals surface area contributed by atoms with E-state index in [4.69, 9.17) is 25.5 Å². The molecule has 1 heterocycles. The van der Waals surface area contributed by atoms with E-state index in [0.717, 1.165) is 22.4 Å². The fourth-order valence-corrected chi connectivity index (χ4v) is 3.50. The van der Waals surface area contributed by atoms with Crippen molar-refractivity contribution in [3.05, 3.63) is 92.8 Å². The van der Waals surface area contributed by atoms with Crippen LogP contribution >= 0.6 is 11.6 Å². The summed E-state index contributed by atoms with van der Waals surface area (Å²) in [7, 11) is 0. The summed E-state index contributed by atoms with van der Waals surface area (Å²) in [4.78, 5) is 25.1. The van der Waals surface area contributed by atoms with Gasteiger partial charge in [0.15, 0.2) is 6.61 Å². The Morgan fingerprint density at radius 2 is 1.70 bits per heavy atom. The van der Waals surface area contributed by atoms with Gasteiger partial charge in [0.1, 0.15) is 23.3 Å². The first-order valence-corrected chi connectivity index (χ1v) is 10.7. The average Bonchev–Trinajstić information content (AvgIpc) is 2.79. The van der Waals surface area contributed by atoms with E-state index in [1.165, 1.54) is 6.26 Å². The number of hydrogen-bond donors (Lipinski definition) is 1. The Bertz CT molecular complexity index is 1390. The van der Waals surface area contributed by atoms with Crippen molar-refractivity contribution in [3.8, 4) is 17.2 Å². The van der Waals surface area contributed by atoms with E-state index in [2.05, 4.69) is 5.32 Å². The van der Waals surface area contributed by atoms with Crippen LogP contribution in [-0.4, -0.2) is 12.5 Å². The van der Waals surface area contributed by atoms with Crippen molar-refractivity contribution in [2.75, 3.05) is 11.9 Å². The van der Waals surface area contributed by atoms with Crippen LogP contribution in [0.1, 0.15) is 16.7 Å². The third-order valence-electron chi connectivity index (χ3n) is 5.14. The number of anilines is 1. The lowest BCUT2D eigenvalue weighted by Gasteiger charge is -2.11. The number of carbonyl (C=O) groups excluding carboxylic acids is 1. The van der Waals surface area contributed by atoms with Gasteiger partial charge in [0, 0.05) is 16.8 Å². The molecule has 0 saturated heterocycles. The summed E-state index contributed by atoms with van der Waals surface area (Å²) in [6.45, 7) is 5.47. The molecular weight excluding hydrogens is 442 g/mol. The number of aryl methyl sites for hydroxylation is 3. The summed E-state index contributed by atoms with van der Waals surface area (Å²) >= 11 is 6.20. The summed E-state index contributed by atoms with van der Waals surface area (Å²) in [5, 5.41) is 3.81. The highest BCUT2D eigenvalue weighted by Crippen LogP contribution is 2.29. The molecule has 0 radical (unpaired) electrons. The number of amides is 1. The predicted octanol–water partition coefficient (Wildman–Crippen LogP) is 6.18. The van der Waals surface area contributed by atoms with Gasteiger partial charge in [0.2, 0.25) is 11.2 Å². The van der Waals surface area contributed by atoms with Crippen molar-refractivity contribution in [2.45, 2.75) is 20.8 Å². The summed E-state index contributed by atoms with van der Waals surface area (Å²) in [6, 6.07) is 15.8. The topological polar surface area (TPSA) is 77.8 Å². The Kier molecular flexibility index (Phi) is 6.38. The van der Waals surface area contributed by atoms with E-state index in [-0.39, 0.29) is 23.7 Å². The third kappa shape index (κ3) is 5.02. The van der Waals surface area contributed by atoms with Gasteiger partial charge in [0.25, 0.3) is 5.91 Å². The van der Waals surface area contributed by atoms with Gasteiger partial charge < -0.3 is 19.2 Å². The lowest BCUT2D eigenvalue weighted by Crippen LogP contribution is -2.20. The highest BCUT2D eigenvalue weighted by Gasteiger charge is 2.13. The van der Waals surface area contributed by atoms with E-state index in [9.17, 15) is 9.59 Å². The van der Waals surface area contributed by atoms with Gasteiger partial charge >= 0.3 is 0 Å². The van der Waals surface area contributed by atoms with E-state index in [1.54, 1.807) is 30.3 Å². The van der Waals surface area contributed by atoms with E-state index in [1.807, 2.05) is 45.0 Å². The monoisotopic (exact) mass is 463 g/mol. The SMILES string of the molecule is Cc1ccccc1NC(=O)COc1ccc2c(=O)c(Oc3cc(C)c(Cl)c(C)c3)coc2c1. The fourth-order valence-electron chi connectivity index (χ4n) is 3.39. The average molecular weight is 464 g/mol. The summed E-state index contributed by atoms with van der Waals surface area (Å²) in [5.41, 5.74) is 3.41. The molecule has 0 bridgehead atoms. The minimum absolute atomic E-state index is 0.0647. The normalized spacial score (nSPS) is 10.8. The lowest BCUT2D eigenvalue weighted by molar-refractivity contribution is -0.118.